The molecule has 2 aliphatic rings. The van der Waals surface area contributed by atoms with Crippen molar-refractivity contribution in [1.82, 2.24) is 14.9 Å². The smallest absolute Gasteiger partial charge is 0.207 e. The number of nitrogens with one attached hydrogen (secondary N) is 2. The first-order chi connectivity index (χ1) is 16.9. The van der Waals surface area contributed by atoms with Crippen LogP contribution in [-0.4, -0.2) is 62.0 Å². The maximum Gasteiger partial charge on any atom is 0.207 e. The third-order valence-electron chi connectivity index (χ3n) is 6.60. The highest BCUT2D eigenvalue weighted by Crippen LogP contribution is 2.39. The molecule has 5 rings (SSSR count). The van der Waals surface area contributed by atoms with Crippen molar-refractivity contribution in [3.8, 4) is 22.8 Å². The maximum atomic E-state index is 15.0. The van der Waals surface area contributed by atoms with Gasteiger partial charge in [0, 0.05) is 62.8 Å². The number of hydrogen-bond donors (Lipinski definition) is 2. The number of aryl methyl sites for hydroxylation is 1. The van der Waals surface area contributed by atoms with Gasteiger partial charge in [-0.2, -0.15) is 0 Å². The molecule has 8 nitrogen and oxygen atoms in total. The van der Waals surface area contributed by atoms with Crippen molar-refractivity contribution < 1.29 is 13.9 Å². The molecule has 1 aromatic heterocycles. The second-order valence-corrected chi connectivity index (χ2v) is 9.25. The van der Waals surface area contributed by atoms with Crippen LogP contribution in [0.2, 0.25) is 0 Å². The largest absolute Gasteiger partial charge is 0.495 e. The summed E-state index contributed by atoms with van der Waals surface area (Å²) in [6.07, 6.45) is 1.90. The summed E-state index contributed by atoms with van der Waals surface area (Å²) < 4.78 is 28.2. The number of aromatic nitrogens is 2. The minimum atomic E-state index is -0.365. The van der Waals surface area contributed by atoms with Gasteiger partial charge in [-0.15, -0.1) is 0 Å². The molecule has 9 heteroatoms. The molecule has 0 bridgehead atoms. The van der Waals surface area contributed by atoms with Crippen molar-refractivity contribution in [2.45, 2.75) is 19.9 Å². The summed E-state index contributed by atoms with van der Waals surface area (Å²) in [7, 11) is 3.61. The van der Waals surface area contributed by atoms with Crippen molar-refractivity contribution in [2.75, 3.05) is 61.6 Å². The number of imidazole rings is 1. The van der Waals surface area contributed by atoms with E-state index >= 15 is 0 Å². The Morgan fingerprint density at radius 1 is 1.11 bits per heavy atom. The highest BCUT2D eigenvalue weighted by Gasteiger charge is 2.25. The lowest BCUT2D eigenvalue weighted by molar-refractivity contribution is 0.287. The van der Waals surface area contributed by atoms with Gasteiger partial charge in [-0.1, -0.05) is 0 Å². The zero-order chi connectivity index (χ0) is 24.5. The van der Waals surface area contributed by atoms with E-state index in [0.717, 1.165) is 55.5 Å². The molecule has 1 fully saturated rings. The van der Waals surface area contributed by atoms with E-state index in [1.807, 2.05) is 36.0 Å². The van der Waals surface area contributed by atoms with Crippen molar-refractivity contribution in [1.29, 1.82) is 0 Å². The van der Waals surface area contributed by atoms with Crippen LogP contribution in [0.1, 0.15) is 13.8 Å². The molecule has 0 aliphatic carbocycles. The fourth-order valence-electron chi connectivity index (χ4n) is 4.76. The molecule has 0 amide bonds. The number of methoxy groups -OCH3 is 1. The molecule has 2 aliphatic heterocycles. The number of benzene rings is 2. The van der Waals surface area contributed by atoms with Crippen LogP contribution < -0.4 is 29.9 Å². The van der Waals surface area contributed by atoms with Crippen LogP contribution >= 0.6 is 0 Å². The Morgan fingerprint density at radius 3 is 2.66 bits per heavy atom. The Bertz CT molecular complexity index is 1200. The Morgan fingerprint density at radius 2 is 1.91 bits per heavy atom. The number of nitrogens with zero attached hydrogens (tertiary/aromatic N) is 4. The van der Waals surface area contributed by atoms with Crippen molar-refractivity contribution in [3.63, 3.8) is 0 Å². The van der Waals surface area contributed by atoms with E-state index in [1.54, 1.807) is 7.11 Å². The normalized spacial score (nSPS) is 15.7. The second kappa shape index (κ2) is 9.65. The van der Waals surface area contributed by atoms with Crippen LogP contribution in [0.3, 0.4) is 0 Å². The highest BCUT2D eigenvalue weighted by molar-refractivity contribution is 5.74. The Labute approximate surface area is 205 Å². The van der Waals surface area contributed by atoms with E-state index in [9.17, 15) is 4.39 Å². The Hall–Kier alpha value is -3.46. The number of rotatable bonds is 6. The fourth-order valence-corrected chi connectivity index (χ4v) is 4.76. The van der Waals surface area contributed by atoms with Gasteiger partial charge in [-0.3, -0.25) is 0 Å². The number of halogens is 1. The second-order valence-electron chi connectivity index (χ2n) is 9.25. The van der Waals surface area contributed by atoms with Crippen LogP contribution in [0.15, 0.2) is 36.5 Å². The SMILES string of the molecule is COc1cc(Nc2nc(-c3cc(F)c4c(c3)N(C(C)C)CCO4)cn2C)ccc1N1CCNCC1. The Balaban J connectivity index is 1.42. The van der Waals surface area contributed by atoms with Gasteiger partial charge in [-0.25, -0.2) is 9.37 Å². The Kier molecular flexibility index (Phi) is 6.42. The van der Waals surface area contributed by atoms with E-state index in [2.05, 4.69) is 40.3 Å². The zero-order valence-electron chi connectivity index (χ0n) is 20.8. The molecule has 35 heavy (non-hydrogen) atoms. The van der Waals surface area contributed by atoms with E-state index in [1.165, 1.54) is 6.07 Å². The van der Waals surface area contributed by atoms with Crippen molar-refractivity contribution >= 4 is 23.0 Å². The molecular formula is C26H33FN6O2. The predicted molar refractivity (Wildman–Crippen MR) is 138 cm³/mol. The molecule has 3 aromatic rings. The van der Waals surface area contributed by atoms with Gasteiger partial charge in [0.1, 0.15) is 12.4 Å². The van der Waals surface area contributed by atoms with Gasteiger partial charge in [0.2, 0.25) is 5.95 Å². The zero-order valence-corrected chi connectivity index (χ0v) is 20.8. The molecule has 0 atom stereocenters. The molecule has 3 heterocycles. The number of hydrogen-bond acceptors (Lipinski definition) is 7. The summed E-state index contributed by atoms with van der Waals surface area (Å²) in [6.45, 7) is 9.23. The summed E-state index contributed by atoms with van der Waals surface area (Å²) in [5.74, 6) is 1.43. The first-order valence-corrected chi connectivity index (χ1v) is 12.1. The maximum absolute atomic E-state index is 15.0. The topological polar surface area (TPSA) is 66.8 Å². The van der Waals surface area contributed by atoms with Crippen LogP contribution in [-0.2, 0) is 7.05 Å². The number of fused-ring (bicyclic) bond motifs is 1. The fraction of sp³-hybridized carbons (Fsp3) is 0.423. The molecular weight excluding hydrogens is 447 g/mol. The predicted octanol–water partition coefficient (Wildman–Crippen LogP) is 4.00. The minimum Gasteiger partial charge on any atom is -0.495 e. The summed E-state index contributed by atoms with van der Waals surface area (Å²) in [5, 5.41) is 6.76. The van der Waals surface area contributed by atoms with Crippen LogP contribution in [0, 0.1) is 5.82 Å². The molecule has 0 unspecified atom stereocenters. The summed E-state index contributed by atoms with van der Waals surface area (Å²) >= 11 is 0. The molecule has 2 aromatic carbocycles. The van der Waals surface area contributed by atoms with Crippen LogP contribution in [0.4, 0.5) is 27.4 Å². The molecule has 1 saturated heterocycles. The average molecular weight is 481 g/mol. The van der Waals surface area contributed by atoms with E-state index < -0.39 is 0 Å². The minimum absolute atomic E-state index is 0.243. The number of piperazine rings is 1. The molecule has 186 valence electrons. The standard InChI is InChI=1S/C26H33FN6O2/c1-17(2)33-11-12-35-25-20(27)13-18(14-23(25)33)21-16-31(3)26(30-21)29-19-5-6-22(24(15-19)34-4)32-9-7-28-8-10-32/h5-6,13-17,28H,7-12H2,1-4H3,(H,29,30). The quantitative estimate of drug-likeness (QED) is 0.553. The van der Waals surface area contributed by atoms with E-state index in [4.69, 9.17) is 14.5 Å². The summed E-state index contributed by atoms with van der Waals surface area (Å²) in [5.41, 5.74) is 4.14. The molecule has 0 saturated carbocycles. The van der Waals surface area contributed by atoms with Gasteiger partial charge in [0.15, 0.2) is 11.6 Å². The van der Waals surface area contributed by atoms with Crippen molar-refractivity contribution in [2.24, 2.45) is 7.05 Å². The number of ether oxygens (including phenoxy) is 2. The third kappa shape index (κ3) is 4.60. The van der Waals surface area contributed by atoms with Gasteiger partial charge in [0.05, 0.1) is 30.7 Å². The van der Waals surface area contributed by atoms with Gasteiger partial charge in [0.25, 0.3) is 0 Å². The highest BCUT2D eigenvalue weighted by atomic mass is 19.1. The molecule has 0 spiro atoms. The van der Waals surface area contributed by atoms with E-state index in [0.29, 0.717) is 29.6 Å². The monoisotopic (exact) mass is 480 g/mol. The molecule has 2 N–H and O–H groups in total. The lowest BCUT2D eigenvalue weighted by Gasteiger charge is -2.34. The van der Waals surface area contributed by atoms with Crippen molar-refractivity contribution in [3.05, 3.63) is 42.3 Å². The first-order valence-electron chi connectivity index (χ1n) is 12.1. The molecule has 0 radical (unpaired) electrons. The first kappa shape index (κ1) is 23.3. The van der Waals surface area contributed by atoms with E-state index in [-0.39, 0.29) is 11.9 Å². The van der Waals surface area contributed by atoms with Gasteiger partial charge < -0.3 is 34.5 Å². The average Bonchev–Trinajstić information content (AvgIpc) is 3.24. The number of anilines is 4. The van der Waals surface area contributed by atoms with Crippen LogP contribution in [0.5, 0.6) is 11.5 Å². The van der Waals surface area contributed by atoms with Crippen LogP contribution in [0.25, 0.3) is 11.3 Å². The summed E-state index contributed by atoms with van der Waals surface area (Å²) in [4.78, 5) is 9.26. The third-order valence-corrected chi connectivity index (χ3v) is 6.60. The van der Waals surface area contributed by atoms with Gasteiger partial charge >= 0.3 is 0 Å². The summed E-state index contributed by atoms with van der Waals surface area (Å²) in [6, 6.07) is 9.81. The van der Waals surface area contributed by atoms with Gasteiger partial charge in [-0.05, 0) is 38.1 Å². The lowest BCUT2D eigenvalue weighted by atomic mass is 10.1. The lowest BCUT2D eigenvalue weighted by Crippen LogP contribution is -2.43.